The normalized spacial score (nSPS) is 22.7. The molecule has 4 rings (SSSR count). The van der Waals surface area contributed by atoms with Gasteiger partial charge in [0, 0.05) is 54.7 Å². The van der Waals surface area contributed by atoms with Crippen LogP contribution in [0.4, 0.5) is 5.69 Å². The molecule has 138 valence electrons. The molecule has 6 heteroatoms. The fourth-order valence-corrected chi connectivity index (χ4v) is 3.30. The minimum absolute atomic E-state index is 0.238. The number of nitrogen functional groups attached to an aromatic ring is 1. The van der Waals surface area contributed by atoms with Crippen molar-refractivity contribution in [2.24, 2.45) is 5.73 Å². The summed E-state index contributed by atoms with van der Waals surface area (Å²) in [6, 6.07) is 8.05. The van der Waals surface area contributed by atoms with E-state index in [1.54, 1.807) is 12.4 Å². The number of nitrogens with two attached hydrogens (primary N) is 2. The van der Waals surface area contributed by atoms with Crippen molar-refractivity contribution < 1.29 is 0 Å². The van der Waals surface area contributed by atoms with Crippen molar-refractivity contribution in [3.8, 4) is 0 Å². The van der Waals surface area contributed by atoms with Crippen LogP contribution in [0.2, 0.25) is 0 Å². The van der Waals surface area contributed by atoms with E-state index >= 15 is 0 Å². The largest absolute Gasteiger partial charge is 0.402 e. The number of rotatable bonds is 2. The minimum atomic E-state index is 0.238. The van der Waals surface area contributed by atoms with Crippen molar-refractivity contribution in [2.45, 2.75) is 31.2 Å². The average Bonchev–Trinajstić information content (AvgIpc) is 2.70. The van der Waals surface area contributed by atoms with Crippen molar-refractivity contribution in [3.05, 3.63) is 65.9 Å². The summed E-state index contributed by atoms with van der Waals surface area (Å²) in [5.41, 5.74) is 15.6. The zero-order valence-electron chi connectivity index (χ0n) is 15.1. The Morgan fingerprint density at radius 3 is 2.73 bits per heavy atom. The van der Waals surface area contributed by atoms with E-state index in [0.29, 0.717) is 5.92 Å². The zero-order valence-corrected chi connectivity index (χ0v) is 15.1. The van der Waals surface area contributed by atoms with E-state index in [1.165, 1.54) is 18.4 Å². The Kier molecular flexibility index (Phi) is 6.57. The van der Waals surface area contributed by atoms with Gasteiger partial charge in [-0.2, -0.15) is 0 Å². The molecule has 2 aliphatic rings. The van der Waals surface area contributed by atoms with E-state index in [0.717, 1.165) is 43.1 Å². The molecule has 1 fully saturated rings. The van der Waals surface area contributed by atoms with Gasteiger partial charge in [-0.05, 0) is 55.6 Å². The molecule has 2 aliphatic heterocycles. The van der Waals surface area contributed by atoms with Crippen LogP contribution in [0.5, 0.6) is 0 Å². The number of nitrogens with one attached hydrogen (secondary N) is 2. The zero-order chi connectivity index (χ0) is 18.2. The molecule has 6 nitrogen and oxygen atoms in total. The molecule has 0 bridgehead atoms. The van der Waals surface area contributed by atoms with E-state index in [4.69, 9.17) is 11.5 Å². The molecule has 2 unspecified atom stereocenters. The monoisotopic (exact) mass is 352 g/mol. The van der Waals surface area contributed by atoms with Crippen molar-refractivity contribution in [1.82, 2.24) is 20.6 Å². The Morgan fingerprint density at radius 2 is 2.04 bits per heavy atom. The van der Waals surface area contributed by atoms with Gasteiger partial charge in [-0.25, -0.2) is 0 Å². The molecule has 0 radical (unpaired) electrons. The second-order valence-electron chi connectivity index (χ2n) is 6.77. The van der Waals surface area contributed by atoms with Crippen LogP contribution in [0.3, 0.4) is 0 Å². The summed E-state index contributed by atoms with van der Waals surface area (Å²) in [7, 11) is 0. The highest BCUT2D eigenvalue weighted by molar-refractivity contribution is 5.38. The van der Waals surface area contributed by atoms with E-state index in [9.17, 15) is 0 Å². The van der Waals surface area contributed by atoms with Gasteiger partial charge < -0.3 is 22.1 Å². The van der Waals surface area contributed by atoms with Crippen molar-refractivity contribution in [2.75, 3.05) is 25.4 Å². The van der Waals surface area contributed by atoms with Gasteiger partial charge in [0.1, 0.15) is 0 Å². The molecular weight excluding hydrogens is 324 g/mol. The third kappa shape index (κ3) is 5.28. The summed E-state index contributed by atoms with van der Waals surface area (Å²) < 4.78 is 0. The summed E-state index contributed by atoms with van der Waals surface area (Å²) in [6.45, 7) is 3.12. The van der Waals surface area contributed by atoms with Crippen LogP contribution in [0.25, 0.3) is 0 Å². The van der Waals surface area contributed by atoms with E-state index in [-0.39, 0.29) is 6.04 Å². The highest BCUT2D eigenvalue weighted by Gasteiger charge is 2.16. The third-order valence-electron chi connectivity index (χ3n) is 4.72. The first-order valence-corrected chi connectivity index (χ1v) is 9.24. The first-order valence-electron chi connectivity index (χ1n) is 9.24. The van der Waals surface area contributed by atoms with Crippen molar-refractivity contribution in [3.63, 3.8) is 0 Å². The Labute approximate surface area is 155 Å². The predicted molar refractivity (Wildman–Crippen MR) is 105 cm³/mol. The fraction of sp³-hybridized carbons (Fsp3) is 0.400. The standard InChI is InChI=1S/C10H15N3.C10H13N3/c2*11-9-3-5-13-10(6-9)8-2-1-4-12-7-8/h3,5-6,8,12H,1-2,4,7H2,(H2,11,13);1-2,4,6-7,10,13H,3,5,11H2. The second kappa shape index (κ2) is 9.31. The molecule has 0 aromatic carbocycles. The molecule has 0 amide bonds. The SMILES string of the molecule is NC1=CC(c2cccnc2)NCC1.Nc1ccnc(C2CCCNC2)c1. The van der Waals surface area contributed by atoms with Gasteiger partial charge in [-0.1, -0.05) is 6.07 Å². The first kappa shape index (κ1) is 18.4. The molecule has 2 atom stereocenters. The topological polar surface area (TPSA) is 102 Å². The Bertz CT molecular complexity index is 709. The van der Waals surface area contributed by atoms with Crippen molar-refractivity contribution >= 4 is 5.69 Å². The lowest BCUT2D eigenvalue weighted by Gasteiger charge is -2.22. The number of anilines is 1. The molecule has 0 spiro atoms. The summed E-state index contributed by atoms with van der Waals surface area (Å²) in [4.78, 5) is 8.42. The van der Waals surface area contributed by atoms with E-state index in [2.05, 4.69) is 32.7 Å². The lowest BCUT2D eigenvalue weighted by Crippen LogP contribution is -2.28. The number of hydrogen-bond donors (Lipinski definition) is 4. The van der Waals surface area contributed by atoms with Gasteiger partial charge in [0.15, 0.2) is 0 Å². The first-order chi connectivity index (χ1) is 12.7. The molecule has 2 aromatic heterocycles. The van der Waals surface area contributed by atoms with Gasteiger partial charge in [-0.3, -0.25) is 9.97 Å². The lowest BCUT2D eigenvalue weighted by molar-refractivity contribution is 0.455. The van der Waals surface area contributed by atoms with Crippen LogP contribution in [-0.2, 0) is 0 Å². The molecule has 2 aromatic rings. The summed E-state index contributed by atoms with van der Waals surface area (Å²) in [5, 5.41) is 6.74. The van der Waals surface area contributed by atoms with Crippen LogP contribution >= 0.6 is 0 Å². The van der Waals surface area contributed by atoms with Gasteiger partial charge in [0.25, 0.3) is 0 Å². The summed E-state index contributed by atoms with van der Waals surface area (Å²) in [6.07, 6.45) is 10.9. The maximum Gasteiger partial charge on any atom is 0.0541 e. The summed E-state index contributed by atoms with van der Waals surface area (Å²) in [5.74, 6) is 0.553. The second-order valence-corrected chi connectivity index (χ2v) is 6.77. The molecular formula is C20H28N6. The van der Waals surface area contributed by atoms with Crippen LogP contribution in [0.15, 0.2) is 54.6 Å². The number of nitrogens with zero attached hydrogens (tertiary/aromatic N) is 2. The molecule has 26 heavy (non-hydrogen) atoms. The predicted octanol–water partition coefficient (Wildman–Crippen LogP) is 2.09. The fourth-order valence-electron chi connectivity index (χ4n) is 3.30. The van der Waals surface area contributed by atoms with Crippen LogP contribution < -0.4 is 22.1 Å². The maximum absolute atomic E-state index is 5.76. The van der Waals surface area contributed by atoms with Gasteiger partial charge in [0.05, 0.1) is 6.04 Å². The summed E-state index contributed by atoms with van der Waals surface area (Å²) >= 11 is 0. The molecule has 1 saturated heterocycles. The molecule has 0 aliphatic carbocycles. The molecule has 6 N–H and O–H groups in total. The van der Waals surface area contributed by atoms with Crippen LogP contribution in [-0.4, -0.2) is 29.6 Å². The van der Waals surface area contributed by atoms with Gasteiger partial charge in [0.2, 0.25) is 0 Å². The Hall–Kier alpha value is -2.44. The number of aromatic nitrogens is 2. The van der Waals surface area contributed by atoms with Gasteiger partial charge in [-0.15, -0.1) is 0 Å². The quantitative estimate of drug-likeness (QED) is 0.660. The maximum atomic E-state index is 5.76. The molecule has 4 heterocycles. The highest BCUT2D eigenvalue weighted by Crippen LogP contribution is 2.22. The number of hydrogen-bond acceptors (Lipinski definition) is 6. The minimum Gasteiger partial charge on any atom is -0.402 e. The Balaban J connectivity index is 0.000000151. The van der Waals surface area contributed by atoms with Gasteiger partial charge >= 0.3 is 0 Å². The highest BCUT2D eigenvalue weighted by atomic mass is 14.9. The van der Waals surface area contributed by atoms with E-state index in [1.807, 2.05) is 24.4 Å². The average molecular weight is 352 g/mol. The lowest BCUT2D eigenvalue weighted by atomic mass is 9.95. The van der Waals surface area contributed by atoms with Crippen LogP contribution in [0.1, 0.15) is 42.5 Å². The Morgan fingerprint density at radius 1 is 1.12 bits per heavy atom. The number of pyridine rings is 2. The van der Waals surface area contributed by atoms with Crippen LogP contribution in [0, 0.1) is 0 Å². The molecule has 0 saturated carbocycles. The van der Waals surface area contributed by atoms with Crippen molar-refractivity contribution in [1.29, 1.82) is 0 Å². The third-order valence-corrected chi connectivity index (χ3v) is 4.72. The van der Waals surface area contributed by atoms with E-state index < -0.39 is 0 Å². The number of piperidine rings is 1. The smallest absolute Gasteiger partial charge is 0.0541 e.